The molecule has 0 saturated carbocycles. The number of pyridine rings is 1. The van der Waals surface area contributed by atoms with Crippen LogP contribution in [0.1, 0.15) is 11.1 Å². The van der Waals surface area contributed by atoms with Crippen molar-refractivity contribution in [1.82, 2.24) is 9.29 Å². The number of hydrogen-bond donors (Lipinski definition) is 2. The van der Waals surface area contributed by atoms with Gasteiger partial charge in [0.2, 0.25) is 10.0 Å². The molecule has 1 aromatic heterocycles. The van der Waals surface area contributed by atoms with E-state index < -0.39 is 10.0 Å². The van der Waals surface area contributed by atoms with Gasteiger partial charge in [0.25, 0.3) is 5.56 Å². The number of ether oxygens (including phenoxy) is 1. The molecule has 0 radical (unpaired) electrons. The summed E-state index contributed by atoms with van der Waals surface area (Å²) in [5, 5.41) is 10.2. The molecule has 28 heavy (non-hydrogen) atoms. The van der Waals surface area contributed by atoms with Crippen molar-refractivity contribution < 1.29 is 18.3 Å². The number of para-hydroxylation sites is 1. The molecule has 3 rings (SSSR count). The number of aliphatic hydroxyl groups is 1. The molecule has 0 spiro atoms. The van der Waals surface area contributed by atoms with Crippen LogP contribution in [0.25, 0.3) is 10.9 Å². The van der Waals surface area contributed by atoms with Crippen LogP contribution in [0.3, 0.4) is 0 Å². The number of H-pyrrole nitrogens is 1. The molecule has 1 heterocycles. The predicted molar refractivity (Wildman–Crippen MR) is 107 cm³/mol. The lowest BCUT2D eigenvalue weighted by molar-refractivity contribution is 0.251. The molecule has 0 bridgehead atoms. The lowest BCUT2D eigenvalue weighted by Gasteiger charge is -2.21. The lowest BCUT2D eigenvalue weighted by atomic mass is 10.1. The summed E-state index contributed by atoms with van der Waals surface area (Å²) in [6.07, 6.45) is 0. The van der Waals surface area contributed by atoms with E-state index >= 15 is 0 Å². The number of fused-ring (bicyclic) bond motifs is 1. The largest absolute Gasteiger partial charge is 0.497 e. The first-order valence-electron chi connectivity index (χ1n) is 8.73. The summed E-state index contributed by atoms with van der Waals surface area (Å²) < 4.78 is 32.2. The first kappa shape index (κ1) is 20.1. The molecule has 8 heteroatoms. The number of aromatic nitrogens is 1. The zero-order valence-corrected chi connectivity index (χ0v) is 16.5. The second kappa shape index (κ2) is 8.14. The molecule has 7 nitrogen and oxygen atoms in total. The van der Waals surface area contributed by atoms with E-state index in [0.717, 1.165) is 20.8 Å². The number of hydrogen-bond acceptors (Lipinski definition) is 5. The van der Waals surface area contributed by atoms with Gasteiger partial charge in [0.15, 0.2) is 0 Å². The highest BCUT2D eigenvalue weighted by molar-refractivity contribution is 7.89. The number of methoxy groups -OCH3 is 1. The van der Waals surface area contributed by atoms with Crippen LogP contribution in [0.2, 0.25) is 0 Å². The Kier molecular flexibility index (Phi) is 5.83. The molecule has 0 fully saturated rings. The summed E-state index contributed by atoms with van der Waals surface area (Å²) in [5.41, 5.74) is 1.61. The van der Waals surface area contributed by atoms with Gasteiger partial charge < -0.3 is 14.8 Å². The molecule has 0 aliphatic rings. The molecular formula is C20H22N2O5S. The molecule has 0 amide bonds. The number of sulfonamides is 1. The number of benzene rings is 2. The van der Waals surface area contributed by atoms with E-state index in [1.807, 2.05) is 25.1 Å². The highest BCUT2D eigenvalue weighted by Gasteiger charge is 2.25. The minimum absolute atomic E-state index is 0.0646. The summed E-state index contributed by atoms with van der Waals surface area (Å²) in [6, 6.07) is 13.3. The lowest BCUT2D eigenvalue weighted by Crippen LogP contribution is -2.35. The minimum Gasteiger partial charge on any atom is -0.497 e. The Labute approximate surface area is 163 Å². The van der Waals surface area contributed by atoms with E-state index in [9.17, 15) is 18.3 Å². The Hall–Kier alpha value is -2.68. The molecular weight excluding hydrogens is 380 g/mol. The number of nitrogens with one attached hydrogen (secondary N) is 1. The minimum atomic E-state index is -3.90. The van der Waals surface area contributed by atoms with Crippen molar-refractivity contribution in [3.8, 4) is 5.75 Å². The fourth-order valence-corrected chi connectivity index (χ4v) is 4.44. The maximum Gasteiger partial charge on any atom is 0.252 e. The van der Waals surface area contributed by atoms with Crippen molar-refractivity contribution in [2.24, 2.45) is 0 Å². The van der Waals surface area contributed by atoms with Crippen LogP contribution in [0.5, 0.6) is 5.75 Å². The number of aromatic amines is 1. The van der Waals surface area contributed by atoms with Gasteiger partial charge in [-0.3, -0.25) is 4.79 Å². The van der Waals surface area contributed by atoms with Gasteiger partial charge in [-0.1, -0.05) is 18.2 Å². The Morgan fingerprint density at radius 1 is 1.14 bits per heavy atom. The topological polar surface area (TPSA) is 99.7 Å². The number of rotatable bonds is 7. The van der Waals surface area contributed by atoms with Crippen LogP contribution in [-0.4, -0.2) is 43.1 Å². The van der Waals surface area contributed by atoms with E-state index in [-0.39, 0.29) is 30.2 Å². The second-order valence-corrected chi connectivity index (χ2v) is 8.34. The Balaban J connectivity index is 1.99. The highest BCUT2D eigenvalue weighted by Crippen LogP contribution is 2.22. The summed E-state index contributed by atoms with van der Waals surface area (Å²) in [6.45, 7) is 1.26. The average molecular weight is 402 g/mol. The number of aryl methyl sites for hydroxylation is 1. The highest BCUT2D eigenvalue weighted by atomic mass is 32.2. The second-order valence-electron chi connectivity index (χ2n) is 6.40. The van der Waals surface area contributed by atoms with Crippen LogP contribution < -0.4 is 10.3 Å². The fourth-order valence-electron chi connectivity index (χ4n) is 3.03. The van der Waals surface area contributed by atoms with Gasteiger partial charge in [-0.2, -0.15) is 4.31 Å². The van der Waals surface area contributed by atoms with Crippen molar-refractivity contribution in [3.63, 3.8) is 0 Å². The fraction of sp³-hybridized carbons (Fsp3) is 0.250. The van der Waals surface area contributed by atoms with Crippen LogP contribution in [0.4, 0.5) is 0 Å². The SMILES string of the molecule is COc1ccc(S(=O)(=O)N(CCO)Cc2cc3cccc(C)c3[nH]c2=O)cc1. The zero-order chi connectivity index (χ0) is 20.3. The smallest absolute Gasteiger partial charge is 0.252 e. The van der Waals surface area contributed by atoms with Gasteiger partial charge in [0.1, 0.15) is 5.75 Å². The summed E-state index contributed by atoms with van der Waals surface area (Å²) in [7, 11) is -2.40. The van der Waals surface area contributed by atoms with E-state index in [2.05, 4.69) is 4.98 Å². The van der Waals surface area contributed by atoms with Gasteiger partial charge in [-0.05, 0) is 48.2 Å². The van der Waals surface area contributed by atoms with Gasteiger partial charge in [-0.15, -0.1) is 0 Å². The summed E-state index contributed by atoms with van der Waals surface area (Å²) in [4.78, 5) is 15.4. The van der Waals surface area contributed by atoms with Crippen LogP contribution in [-0.2, 0) is 16.6 Å². The molecule has 2 aromatic carbocycles. The maximum absolute atomic E-state index is 13.0. The molecule has 0 atom stereocenters. The maximum atomic E-state index is 13.0. The van der Waals surface area contributed by atoms with Crippen molar-refractivity contribution >= 4 is 20.9 Å². The molecule has 148 valence electrons. The first-order valence-corrected chi connectivity index (χ1v) is 10.2. The quantitative estimate of drug-likeness (QED) is 0.630. The molecule has 3 aromatic rings. The number of nitrogens with zero attached hydrogens (tertiary/aromatic N) is 1. The van der Waals surface area contributed by atoms with Crippen molar-refractivity contribution in [1.29, 1.82) is 0 Å². The predicted octanol–water partition coefficient (Wildman–Crippen LogP) is 2.03. The van der Waals surface area contributed by atoms with Gasteiger partial charge in [0, 0.05) is 18.7 Å². The monoisotopic (exact) mass is 402 g/mol. The van der Waals surface area contributed by atoms with Crippen molar-refractivity contribution in [2.75, 3.05) is 20.3 Å². The molecule has 0 unspecified atom stereocenters. The first-order chi connectivity index (χ1) is 13.4. The van der Waals surface area contributed by atoms with Crippen molar-refractivity contribution in [3.05, 3.63) is 70.0 Å². The average Bonchev–Trinajstić information content (AvgIpc) is 2.69. The Morgan fingerprint density at radius 3 is 2.50 bits per heavy atom. The third-order valence-corrected chi connectivity index (χ3v) is 6.42. The standard InChI is InChI=1S/C20H22N2O5S/c1-14-4-3-5-15-12-16(20(24)21-19(14)15)13-22(10-11-23)28(25,26)18-8-6-17(27-2)7-9-18/h3-9,12,23H,10-11,13H2,1-2H3,(H,21,24). The van der Waals surface area contributed by atoms with E-state index in [4.69, 9.17) is 4.74 Å². The van der Waals surface area contributed by atoms with E-state index in [1.165, 1.54) is 19.2 Å². The van der Waals surface area contributed by atoms with Gasteiger partial charge >= 0.3 is 0 Å². The third kappa shape index (κ3) is 3.94. The third-order valence-electron chi connectivity index (χ3n) is 4.56. The Bertz CT molecular complexity index is 1140. The number of aliphatic hydroxyl groups excluding tert-OH is 1. The van der Waals surface area contributed by atoms with E-state index in [0.29, 0.717) is 11.3 Å². The molecule has 0 saturated heterocycles. The van der Waals surface area contributed by atoms with Crippen LogP contribution in [0.15, 0.2) is 58.2 Å². The zero-order valence-electron chi connectivity index (χ0n) is 15.7. The molecule has 0 aliphatic heterocycles. The van der Waals surface area contributed by atoms with Crippen LogP contribution >= 0.6 is 0 Å². The Morgan fingerprint density at radius 2 is 1.86 bits per heavy atom. The van der Waals surface area contributed by atoms with E-state index in [1.54, 1.807) is 18.2 Å². The summed E-state index contributed by atoms with van der Waals surface area (Å²) in [5.74, 6) is 0.536. The normalized spacial score (nSPS) is 11.9. The van der Waals surface area contributed by atoms with Gasteiger partial charge in [0.05, 0.1) is 24.1 Å². The van der Waals surface area contributed by atoms with Crippen molar-refractivity contribution in [2.45, 2.75) is 18.4 Å². The molecule has 0 aliphatic carbocycles. The molecule has 2 N–H and O–H groups in total. The van der Waals surface area contributed by atoms with Crippen LogP contribution in [0, 0.1) is 6.92 Å². The van der Waals surface area contributed by atoms with Gasteiger partial charge in [-0.25, -0.2) is 8.42 Å². The summed E-state index contributed by atoms with van der Waals surface area (Å²) >= 11 is 0.